The molecule has 3 N–H and O–H groups in total. The predicted molar refractivity (Wildman–Crippen MR) is 110 cm³/mol. The first-order valence-electron chi connectivity index (χ1n) is 8.37. The van der Waals surface area contributed by atoms with Crippen molar-refractivity contribution in [3.8, 4) is 0 Å². The third-order valence-electron chi connectivity index (χ3n) is 3.88. The Morgan fingerprint density at radius 2 is 1.59 bits per heavy atom. The molecule has 0 aliphatic rings. The Kier molecular flexibility index (Phi) is 6.26. The molecule has 29 heavy (non-hydrogen) atoms. The summed E-state index contributed by atoms with van der Waals surface area (Å²) in [7, 11) is 0. The van der Waals surface area contributed by atoms with Crippen molar-refractivity contribution in [2.75, 3.05) is 5.32 Å². The van der Waals surface area contributed by atoms with E-state index in [4.69, 9.17) is 11.6 Å². The second kappa shape index (κ2) is 8.85. The zero-order valence-corrected chi connectivity index (χ0v) is 16.7. The number of nitrogens with one attached hydrogen (secondary N) is 3. The van der Waals surface area contributed by atoms with Gasteiger partial charge in [0.15, 0.2) is 0 Å². The number of rotatable bonds is 4. The van der Waals surface area contributed by atoms with E-state index in [0.717, 1.165) is 23.5 Å². The first-order chi connectivity index (χ1) is 13.8. The molecule has 0 aliphatic carbocycles. The van der Waals surface area contributed by atoms with Crippen molar-refractivity contribution in [1.82, 2.24) is 10.9 Å². The van der Waals surface area contributed by atoms with Gasteiger partial charge >= 0.3 is 0 Å². The van der Waals surface area contributed by atoms with Crippen molar-refractivity contribution < 1.29 is 18.8 Å². The van der Waals surface area contributed by atoms with Crippen molar-refractivity contribution in [2.24, 2.45) is 0 Å². The lowest BCUT2D eigenvalue weighted by atomic mass is 10.2. The number of aryl methyl sites for hydroxylation is 1. The van der Waals surface area contributed by atoms with E-state index in [1.54, 1.807) is 37.3 Å². The molecule has 3 aromatic rings. The highest BCUT2D eigenvalue weighted by molar-refractivity contribution is 7.18. The number of carbonyl (C=O) groups excluding carboxylic acids is 3. The summed E-state index contributed by atoms with van der Waals surface area (Å²) in [4.78, 5) is 37.0. The Morgan fingerprint density at radius 3 is 2.28 bits per heavy atom. The summed E-state index contributed by atoms with van der Waals surface area (Å²) in [6.07, 6.45) is 0. The van der Waals surface area contributed by atoms with Crippen LogP contribution in [0.25, 0.3) is 0 Å². The fraction of sp³-hybridized carbons (Fsp3) is 0.0500. The van der Waals surface area contributed by atoms with Crippen LogP contribution in [0.1, 0.15) is 36.0 Å². The molecule has 0 spiro atoms. The minimum absolute atomic E-state index is 0.197. The van der Waals surface area contributed by atoms with Crippen LogP contribution in [0.5, 0.6) is 0 Å². The van der Waals surface area contributed by atoms with Gasteiger partial charge in [-0.3, -0.25) is 25.2 Å². The lowest BCUT2D eigenvalue weighted by Gasteiger charge is -2.07. The topological polar surface area (TPSA) is 87.3 Å². The summed E-state index contributed by atoms with van der Waals surface area (Å²) in [5, 5.41) is 3.48. The number of hydrogen-bond donors (Lipinski definition) is 3. The van der Waals surface area contributed by atoms with E-state index in [-0.39, 0.29) is 5.56 Å². The summed E-state index contributed by atoms with van der Waals surface area (Å²) < 4.78 is 12.9. The van der Waals surface area contributed by atoms with Crippen LogP contribution in [0, 0.1) is 12.7 Å². The third kappa shape index (κ3) is 4.98. The van der Waals surface area contributed by atoms with Gasteiger partial charge in [-0.15, -0.1) is 11.3 Å². The van der Waals surface area contributed by atoms with Crippen LogP contribution < -0.4 is 16.2 Å². The lowest BCUT2D eigenvalue weighted by molar-refractivity contribution is 0.0848. The maximum absolute atomic E-state index is 12.9. The highest BCUT2D eigenvalue weighted by atomic mass is 35.5. The van der Waals surface area contributed by atoms with E-state index >= 15 is 0 Å². The van der Waals surface area contributed by atoms with Crippen LogP contribution in [0.3, 0.4) is 0 Å². The summed E-state index contributed by atoms with van der Waals surface area (Å²) in [5.74, 6) is -1.99. The molecule has 0 saturated heterocycles. The van der Waals surface area contributed by atoms with Gasteiger partial charge in [-0.05, 0) is 55.0 Å². The van der Waals surface area contributed by atoms with Gasteiger partial charge in [-0.2, -0.15) is 0 Å². The minimum atomic E-state index is -0.584. The Morgan fingerprint density at radius 1 is 0.931 bits per heavy atom. The van der Waals surface area contributed by atoms with Crippen LogP contribution >= 0.6 is 22.9 Å². The minimum Gasteiger partial charge on any atom is -0.313 e. The Labute approximate surface area is 174 Å². The standard InChI is InChI=1S/C20H15ClFN3O3S/c1-11-10-16(23-19(27)14-4-2-3-5-15(14)21)29-17(11)20(28)25-24-18(26)12-6-8-13(22)9-7-12/h2-10H,1H3,(H,23,27)(H,24,26)(H,25,28). The fourth-order valence-electron chi connectivity index (χ4n) is 2.44. The molecule has 1 heterocycles. The maximum atomic E-state index is 12.9. The molecule has 0 radical (unpaired) electrons. The number of hydrazine groups is 1. The molecular weight excluding hydrogens is 417 g/mol. The van der Waals surface area contributed by atoms with Crippen molar-refractivity contribution in [3.63, 3.8) is 0 Å². The zero-order valence-electron chi connectivity index (χ0n) is 15.1. The molecule has 0 fully saturated rings. The van der Waals surface area contributed by atoms with E-state index in [9.17, 15) is 18.8 Å². The zero-order chi connectivity index (χ0) is 21.0. The molecule has 6 nitrogen and oxygen atoms in total. The summed E-state index contributed by atoms with van der Waals surface area (Å²) >= 11 is 7.08. The predicted octanol–water partition coefficient (Wildman–Crippen LogP) is 4.18. The molecule has 1 aromatic heterocycles. The number of halogens is 2. The van der Waals surface area contributed by atoms with Gasteiger partial charge in [0.25, 0.3) is 17.7 Å². The molecule has 0 saturated carbocycles. The number of carbonyl (C=O) groups is 3. The first kappa shape index (κ1) is 20.5. The molecule has 0 atom stereocenters. The van der Waals surface area contributed by atoms with Crippen LogP contribution in [0.15, 0.2) is 54.6 Å². The lowest BCUT2D eigenvalue weighted by Crippen LogP contribution is -2.41. The Hall–Kier alpha value is -3.23. The number of benzene rings is 2. The van der Waals surface area contributed by atoms with E-state index in [1.165, 1.54) is 12.1 Å². The van der Waals surface area contributed by atoms with Crippen molar-refractivity contribution >= 4 is 45.7 Å². The van der Waals surface area contributed by atoms with Gasteiger partial charge < -0.3 is 5.32 Å². The number of amides is 3. The molecule has 0 aliphatic heterocycles. The molecule has 0 unspecified atom stereocenters. The summed E-state index contributed by atoms with van der Waals surface area (Å²) in [5.41, 5.74) is 5.71. The van der Waals surface area contributed by atoms with Crippen LogP contribution in [0.4, 0.5) is 9.39 Å². The molecule has 3 rings (SSSR count). The normalized spacial score (nSPS) is 10.3. The number of anilines is 1. The molecule has 2 aromatic carbocycles. The molecule has 9 heteroatoms. The van der Waals surface area contributed by atoms with Crippen molar-refractivity contribution in [2.45, 2.75) is 6.92 Å². The molecule has 148 valence electrons. The fourth-order valence-corrected chi connectivity index (χ4v) is 3.62. The van der Waals surface area contributed by atoms with E-state index in [0.29, 0.717) is 26.0 Å². The highest BCUT2D eigenvalue weighted by Gasteiger charge is 2.17. The maximum Gasteiger partial charge on any atom is 0.280 e. The van der Waals surface area contributed by atoms with Crippen LogP contribution in [0.2, 0.25) is 5.02 Å². The second-order valence-electron chi connectivity index (χ2n) is 5.97. The summed E-state index contributed by atoms with van der Waals surface area (Å²) in [6.45, 7) is 1.71. The van der Waals surface area contributed by atoms with Crippen LogP contribution in [-0.2, 0) is 0 Å². The van der Waals surface area contributed by atoms with Crippen molar-refractivity contribution in [1.29, 1.82) is 0 Å². The van der Waals surface area contributed by atoms with Gasteiger partial charge in [0.05, 0.1) is 20.5 Å². The average Bonchev–Trinajstić information content (AvgIpc) is 3.06. The van der Waals surface area contributed by atoms with Crippen LogP contribution in [-0.4, -0.2) is 17.7 Å². The van der Waals surface area contributed by atoms with Gasteiger partial charge in [-0.1, -0.05) is 23.7 Å². The second-order valence-corrected chi connectivity index (χ2v) is 7.43. The first-order valence-corrected chi connectivity index (χ1v) is 9.57. The van der Waals surface area contributed by atoms with Gasteiger partial charge in [-0.25, -0.2) is 4.39 Å². The molecular formula is C20H15ClFN3O3S. The van der Waals surface area contributed by atoms with Gasteiger partial charge in [0.2, 0.25) is 0 Å². The Bertz CT molecular complexity index is 1080. The van der Waals surface area contributed by atoms with Gasteiger partial charge in [0.1, 0.15) is 5.82 Å². The Balaban J connectivity index is 1.64. The quantitative estimate of drug-likeness (QED) is 0.541. The summed E-state index contributed by atoms with van der Waals surface area (Å²) in [6, 6.07) is 13.2. The largest absolute Gasteiger partial charge is 0.313 e. The van der Waals surface area contributed by atoms with E-state index in [1.807, 2.05) is 0 Å². The van der Waals surface area contributed by atoms with E-state index in [2.05, 4.69) is 16.2 Å². The SMILES string of the molecule is Cc1cc(NC(=O)c2ccccc2Cl)sc1C(=O)NNC(=O)c1ccc(F)cc1. The molecule has 0 bridgehead atoms. The average molecular weight is 432 g/mol. The third-order valence-corrected chi connectivity index (χ3v) is 5.36. The molecule has 3 amide bonds. The van der Waals surface area contributed by atoms with Gasteiger partial charge in [0, 0.05) is 5.56 Å². The number of hydrogen-bond acceptors (Lipinski definition) is 4. The monoisotopic (exact) mass is 431 g/mol. The highest BCUT2D eigenvalue weighted by Crippen LogP contribution is 2.27. The van der Waals surface area contributed by atoms with Crippen molar-refractivity contribution in [3.05, 3.63) is 87.0 Å². The number of thiophene rings is 1. The van der Waals surface area contributed by atoms with E-state index < -0.39 is 23.5 Å². The smallest absolute Gasteiger partial charge is 0.280 e.